The van der Waals surface area contributed by atoms with Gasteiger partial charge in [0.05, 0.1) is 10.7 Å². The summed E-state index contributed by atoms with van der Waals surface area (Å²) in [5.41, 5.74) is 1.19. The molecular weight excluding hydrogens is 311 g/mol. The van der Waals surface area contributed by atoms with Gasteiger partial charge in [0.1, 0.15) is 0 Å². The van der Waals surface area contributed by atoms with Gasteiger partial charge in [0, 0.05) is 16.0 Å². The molecule has 19 heavy (non-hydrogen) atoms. The molecule has 1 amide bonds. The lowest BCUT2D eigenvalue weighted by molar-refractivity contribution is -0.147. The van der Waals surface area contributed by atoms with Crippen LogP contribution >= 0.6 is 34.5 Å². The monoisotopic (exact) mass is 316 g/mol. The number of hydrogen-bond acceptors (Lipinski definition) is 4. The summed E-state index contributed by atoms with van der Waals surface area (Å²) in [6.45, 7) is 0. The summed E-state index contributed by atoms with van der Waals surface area (Å²) >= 11 is 12.9. The fourth-order valence-electron chi connectivity index (χ4n) is 1.30. The highest BCUT2D eigenvalue weighted by molar-refractivity contribution is 7.14. The average Bonchev–Trinajstić information content (AvgIpc) is 2.77. The Hall–Kier alpha value is -1.63. The number of hydrogen-bond donors (Lipinski definition) is 2. The third-order valence-electron chi connectivity index (χ3n) is 2.13. The van der Waals surface area contributed by atoms with Crippen LogP contribution in [-0.4, -0.2) is 22.0 Å². The van der Waals surface area contributed by atoms with Crippen LogP contribution in [0.4, 0.5) is 5.13 Å². The lowest BCUT2D eigenvalue weighted by atomic mass is 10.2. The summed E-state index contributed by atoms with van der Waals surface area (Å²) < 4.78 is 0. The fourth-order valence-corrected chi connectivity index (χ4v) is 2.51. The van der Waals surface area contributed by atoms with Gasteiger partial charge in [-0.25, -0.2) is 9.78 Å². The predicted octanol–water partition coefficient (Wildman–Crippen LogP) is 3.14. The van der Waals surface area contributed by atoms with Crippen molar-refractivity contribution in [2.24, 2.45) is 0 Å². The molecule has 0 aliphatic rings. The second-order valence-corrected chi connectivity index (χ2v) is 5.12. The number of carbonyl (C=O) groups is 2. The maximum Gasteiger partial charge on any atom is 0.394 e. The first-order valence-electron chi connectivity index (χ1n) is 4.92. The fraction of sp³-hybridized carbons (Fsp3) is 0. The molecule has 0 aliphatic carbocycles. The number of rotatable bonds is 2. The minimum absolute atomic E-state index is 0.188. The lowest BCUT2D eigenvalue weighted by Crippen LogP contribution is -2.21. The molecule has 0 bridgehead atoms. The van der Waals surface area contributed by atoms with E-state index in [2.05, 4.69) is 10.3 Å². The Balaban J connectivity index is 2.26. The van der Waals surface area contributed by atoms with Crippen LogP contribution in [0.2, 0.25) is 10.0 Å². The van der Waals surface area contributed by atoms with Crippen molar-refractivity contribution in [3.8, 4) is 11.3 Å². The molecule has 8 heteroatoms. The molecule has 0 fully saturated rings. The van der Waals surface area contributed by atoms with E-state index < -0.39 is 11.9 Å². The average molecular weight is 317 g/mol. The zero-order valence-electron chi connectivity index (χ0n) is 9.18. The maximum absolute atomic E-state index is 11.0. The van der Waals surface area contributed by atoms with E-state index in [-0.39, 0.29) is 5.13 Å². The Morgan fingerprint density at radius 1 is 1.32 bits per heavy atom. The SMILES string of the molecule is O=C(O)C(=O)Nc1nc(-c2ccc(Cl)cc2Cl)cs1. The Morgan fingerprint density at radius 3 is 2.68 bits per heavy atom. The zero-order chi connectivity index (χ0) is 14.0. The van der Waals surface area contributed by atoms with Crippen molar-refractivity contribution in [3.63, 3.8) is 0 Å². The summed E-state index contributed by atoms with van der Waals surface area (Å²) in [5, 5.41) is 13.4. The smallest absolute Gasteiger partial charge is 0.394 e. The van der Waals surface area contributed by atoms with Crippen LogP contribution in [0.3, 0.4) is 0 Å². The number of benzene rings is 1. The summed E-state index contributed by atoms with van der Waals surface area (Å²) in [7, 11) is 0. The third kappa shape index (κ3) is 3.23. The molecule has 0 unspecified atom stereocenters. The highest BCUT2D eigenvalue weighted by atomic mass is 35.5. The van der Waals surface area contributed by atoms with Gasteiger partial charge in [-0.2, -0.15) is 0 Å². The van der Waals surface area contributed by atoms with Gasteiger partial charge in [0.2, 0.25) is 0 Å². The molecule has 2 rings (SSSR count). The predicted molar refractivity (Wildman–Crippen MR) is 73.8 cm³/mol. The summed E-state index contributed by atoms with van der Waals surface area (Å²) in [6, 6.07) is 4.94. The summed E-state index contributed by atoms with van der Waals surface area (Å²) in [4.78, 5) is 25.5. The number of amides is 1. The molecule has 0 atom stereocenters. The molecule has 0 saturated carbocycles. The first kappa shape index (κ1) is 13.8. The Bertz CT molecular complexity index is 657. The number of carboxylic acid groups (broad SMARTS) is 1. The number of aliphatic carboxylic acids is 1. The van der Waals surface area contributed by atoms with Gasteiger partial charge >= 0.3 is 11.9 Å². The van der Waals surface area contributed by atoms with E-state index >= 15 is 0 Å². The number of carbonyl (C=O) groups excluding carboxylic acids is 1. The van der Waals surface area contributed by atoms with Crippen molar-refractivity contribution < 1.29 is 14.7 Å². The highest BCUT2D eigenvalue weighted by Crippen LogP contribution is 2.32. The second-order valence-electron chi connectivity index (χ2n) is 3.42. The lowest BCUT2D eigenvalue weighted by Gasteiger charge is -2.00. The van der Waals surface area contributed by atoms with Crippen molar-refractivity contribution in [1.82, 2.24) is 4.98 Å². The molecular formula is C11H6Cl2N2O3S. The van der Waals surface area contributed by atoms with Crippen molar-refractivity contribution in [1.29, 1.82) is 0 Å². The number of carboxylic acids is 1. The van der Waals surface area contributed by atoms with Crippen molar-refractivity contribution in [2.75, 3.05) is 5.32 Å². The molecule has 0 radical (unpaired) electrons. The number of nitrogens with zero attached hydrogens (tertiary/aromatic N) is 1. The summed E-state index contributed by atoms with van der Waals surface area (Å²) in [5.74, 6) is -2.70. The minimum atomic E-state index is -1.57. The Morgan fingerprint density at radius 2 is 2.05 bits per heavy atom. The number of anilines is 1. The van der Waals surface area contributed by atoms with E-state index in [1.165, 1.54) is 0 Å². The van der Waals surface area contributed by atoms with Crippen LogP contribution in [0.25, 0.3) is 11.3 Å². The van der Waals surface area contributed by atoms with E-state index in [1.807, 2.05) is 0 Å². The van der Waals surface area contributed by atoms with Gasteiger partial charge in [0.15, 0.2) is 5.13 Å². The molecule has 2 N–H and O–H groups in total. The molecule has 5 nitrogen and oxygen atoms in total. The van der Waals surface area contributed by atoms with Crippen LogP contribution in [0.1, 0.15) is 0 Å². The topological polar surface area (TPSA) is 79.3 Å². The van der Waals surface area contributed by atoms with Crippen LogP contribution in [0.15, 0.2) is 23.6 Å². The number of nitrogens with one attached hydrogen (secondary N) is 1. The molecule has 2 aromatic rings. The minimum Gasteiger partial charge on any atom is -0.474 e. The molecule has 1 heterocycles. The molecule has 0 aliphatic heterocycles. The van der Waals surface area contributed by atoms with Crippen LogP contribution in [-0.2, 0) is 9.59 Å². The maximum atomic E-state index is 11.0. The van der Waals surface area contributed by atoms with E-state index in [1.54, 1.807) is 23.6 Å². The number of thiazole rings is 1. The van der Waals surface area contributed by atoms with Crippen LogP contribution < -0.4 is 5.32 Å². The molecule has 1 aromatic carbocycles. The highest BCUT2D eigenvalue weighted by Gasteiger charge is 2.14. The molecule has 0 saturated heterocycles. The normalized spacial score (nSPS) is 10.2. The van der Waals surface area contributed by atoms with E-state index in [0.717, 1.165) is 11.3 Å². The van der Waals surface area contributed by atoms with Gasteiger partial charge in [-0.15, -0.1) is 11.3 Å². The van der Waals surface area contributed by atoms with Crippen LogP contribution in [0.5, 0.6) is 0 Å². The third-order valence-corrected chi connectivity index (χ3v) is 3.43. The molecule has 98 valence electrons. The Kier molecular flexibility index (Phi) is 4.04. The van der Waals surface area contributed by atoms with E-state index in [9.17, 15) is 9.59 Å². The van der Waals surface area contributed by atoms with Gasteiger partial charge in [0.25, 0.3) is 0 Å². The van der Waals surface area contributed by atoms with Gasteiger partial charge in [-0.1, -0.05) is 23.2 Å². The Labute approximate surface area is 121 Å². The van der Waals surface area contributed by atoms with Gasteiger partial charge in [-0.05, 0) is 18.2 Å². The van der Waals surface area contributed by atoms with Crippen molar-refractivity contribution in [2.45, 2.75) is 0 Å². The van der Waals surface area contributed by atoms with E-state index in [4.69, 9.17) is 28.3 Å². The van der Waals surface area contributed by atoms with E-state index in [0.29, 0.717) is 21.3 Å². The van der Waals surface area contributed by atoms with Crippen molar-refractivity contribution in [3.05, 3.63) is 33.6 Å². The second kappa shape index (κ2) is 5.56. The largest absolute Gasteiger partial charge is 0.474 e. The van der Waals surface area contributed by atoms with Crippen molar-refractivity contribution >= 4 is 51.5 Å². The number of halogens is 2. The summed E-state index contributed by atoms with van der Waals surface area (Å²) in [6.07, 6.45) is 0. The standard InChI is InChI=1S/C11H6Cl2N2O3S/c12-5-1-2-6(7(13)3-5)8-4-19-11(14-8)15-9(16)10(17)18/h1-4H,(H,17,18)(H,14,15,16). The van der Waals surface area contributed by atoms with Crippen LogP contribution in [0, 0.1) is 0 Å². The first-order valence-corrected chi connectivity index (χ1v) is 6.56. The van der Waals surface area contributed by atoms with Gasteiger partial charge < -0.3 is 5.11 Å². The molecule has 1 aromatic heterocycles. The first-order chi connectivity index (χ1) is 8.97. The van der Waals surface area contributed by atoms with Gasteiger partial charge in [-0.3, -0.25) is 10.1 Å². The zero-order valence-corrected chi connectivity index (χ0v) is 11.5. The quantitative estimate of drug-likeness (QED) is 0.834. The molecule has 0 spiro atoms. The number of aromatic nitrogens is 1.